The maximum Gasteiger partial charge on any atom is 0.224 e. The Labute approximate surface area is 133 Å². The van der Waals surface area contributed by atoms with Crippen LogP contribution in [0.3, 0.4) is 0 Å². The number of carbonyl (C=O) groups is 1. The molecule has 1 aliphatic heterocycles. The molecular weight excluding hydrogens is 272 g/mol. The van der Waals surface area contributed by atoms with Crippen molar-refractivity contribution in [1.29, 1.82) is 0 Å². The molecule has 0 aromatic heterocycles. The van der Waals surface area contributed by atoms with E-state index >= 15 is 0 Å². The maximum absolute atomic E-state index is 12.4. The molecule has 3 heteroatoms. The second-order valence-electron chi connectivity index (χ2n) is 7.27. The summed E-state index contributed by atoms with van der Waals surface area (Å²) in [6.07, 6.45) is 3.25. The smallest absolute Gasteiger partial charge is 0.224 e. The van der Waals surface area contributed by atoms with E-state index in [1.807, 2.05) is 0 Å². The zero-order chi connectivity index (χ0) is 15.7. The molecule has 2 N–H and O–H groups in total. The summed E-state index contributed by atoms with van der Waals surface area (Å²) in [4.78, 5) is 12.4. The van der Waals surface area contributed by atoms with E-state index in [2.05, 4.69) is 55.7 Å². The molecule has 1 amide bonds. The Morgan fingerprint density at radius 2 is 2.00 bits per heavy atom. The number of nitrogens with one attached hydrogen (secondary N) is 2. The summed E-state index contributed by atoms with van der Waals surface area (Å²) in [5.41, 5.74) is 2.69. The fourth-order valence-electron chi connectivity index (χ4n) is 3.51. The quantitative estimate of drug-likeness (QED) is 0.897. The molecular formula is C19H28N2O. The Hall–Kier alpha value is -1.35. The predicted molar refractivity (Wildman–Crippen MR) is 90.0 cm³/mol. The zero-order valence-electron chi connectivity index (χ0n) is 13.9. The van der Waals surface area contributed by atoms with Gasteiger partial charge in [-0.05, 0) is 55.7 Å². The molecule has 0 bridgehead atoms. The molecule has 22 heavy (non-hydrogen) atoms. The molecule has 2 aliphatic rings. The third-order valence-corrected chi connectivity index (χ3v) is 5.25. The first-order valence-electron chi connectivity index (χ1n) is 8.70. The van der Waals surface area contributed by atoms with Crippen molar-refractivity contribution in [2.24, 2.45) is 5.92 Å². The number of hydrogen-bond acceptors (Lipinski definition) is 2. The third kappa shape index (κ3) is 3.35. The van der Waals surface area contributed by atoms with E-state index in [0.717, 1.165) is 25.8 Å². The minimum absolute atomic E-state index is 0.180. The highest BCUT2D eigenvalue weighted by molar-refractivity contribution is 5.83. The SMILES string of the molecule is CC(C)c1ccc(C2CC2C(=O)NC2CCCNC2C)cc1. The molecule has 4 atom stereocenters. The van der Waals surface area contributed by atoms with Crippen LogP contribution in [-0.2, 0) is 4.79 Å². The van der Waals surface area contributed by atoms with Crippen LogP contribution >= 0.6 is 0 Å². The summed E-state index contributed by atoms with van der Waals surface area (Å²) < 4.78 is 0. The van der Waals surface area contributed by atoms with Crippen LogP contribution in [0.5, 0.6) is 0 Å². The molecule has 1 heterocycles. The molecule has 1 saturated carbocycles. The van der Waals surface area contributed by atoms with Crippen molar-refractivity contribution < 1.29 is 4.79 Å². The Kier molecular flexibility index (Phi) is 4.53. The highest BCUT2D eigenvalue weighted by atomic mass is 16.2. The van der Waals surface area contributed by atoms with Crippen molar-refractivity contribution in [3.05, 3.63) is 35.4 Å². The monoisotopic (exact) mass is 300 g/mol. The van der Waals surface area contributed by atoms with E-state index < -0.39 is 0 Å². The first-order chi connectivity index (χ1) is 10.6. The van der Waals surface area contributed by atoms with Crippen molar-refractivity contribution in [2.45, 2.75) is 64.0 Å². The maximum atomic E-state index is 12.4. The minimum atomic E-state index is 0.180. The average molecular weight is 300 g/mol. The molecule has 3 nitrogen and oxygen atoms in total. The van der Waals surface area contributed by atoms with Gasteiger partial charge < -0.3 is 10.6 Å². The molecule has 4 unspecified atom stereocenters. The minimum Gasteiger partial charge on any atom is -0.352 e. The number of hydrogen-bond donors (Lipinski definition) is 2. The molecule has 1 aromatic rings. The van der Waals surface area contributed by atoms with Gasteiger partial charge in [0.1, 0.15) is 0 Å². The van der Waals surface area contributed by atoms with Crippen LogP contribution in [0.15, 0.2) is 24.3 Å². The summed E-state index contributed by atoms with van der Waals surface area (Å²) >= 11 is 0. The lowest BCUT2D eigenvalue weighted by Gasteiger charge is -2.30. The van der Waals surface area contributed by atoms with Crippen LogP contribution in [0.1, 0.15) is 63.0 Å². The van der Waals surface area contributed by atoms with Gasteiger partial charge in [0.05, 0.1) is 0 Å². The lowest BCUT2D eigenvalue weighted by molar-refractivity contribution is -0.123. The Morgan fingerprint density at radius 3 is 2.64 bits per heavy atom. The number of benzene rings is 1. The van der Waals surface area contributed by atoms with Gasteiger partial charge in [-0.2, -0.15) is 0 Å². The summed E-state index contributed by atoms with van der Waals surface area (Å²) in [5, 5.41) is 6.70. The van der Waals surface area contributed by atoms with Gasteiger partial charge in [0.25, 0.3) is 0 Å². The lowest BCUT2D eigenvalue weighted by Crippen LogP contribution is -2.52. The fraction of sp³-hybridized carbons (Fsp3) is 0.632. The van der Waals surface area contributed by atoms with Crippen molar-refractivity contribution in [1.82, 2.24) is 10.6 Å². The highest BCUT2D eigenvalue weighted by Crippen LogP contribution is 2.47. The Balaban J connectivity index is 1.55. The lowest BCUT2D eigenvalue weighted by atomic mass is 9.98. The molecule has 1 aromatic carbocycles. The van der Waals surface area contributed by atoms with Crippen LogP contribution in [0, 0.1) is 5.92 Å². The molecule has 2 fully saturated rings. The molecule has 0 spiro atoms. The van der Waals surface area contributed by atoms with Gasteiger partial charge in [0.15, 0.2) is 0 Å². The number of piperidine rings is 1. The topological polar surface area (TPSA) is 41.1 Å². The van der Waals surface area contributed by atoms with Crippen LogP contribution in [0.4, 0.5) is 0 Å². The summed E-state index contributed by atoms with van der Waals surface area (Å²) in [6.45, 7) is 7.66. The van der Waals surface area contributed by atoms with E-state index in [9.17, 15) is 4.79 Å². The van der Waals surface area contributed by atoms with Crippen molar-refractivity contribution in [3.63, 3.8) is 0 Å². The van der Waals surface area contributed by atoms with Crippen LogP contribution in [-0.4, -0.2) is 24.5 Å². The molecule has 1 saturated heterocycles. The second-order valence-corrected chi connectivity index (χ2v) is 7.27. The van der Waals surface area contributed by atoms with Gasteiger partial charge in [-0.3, -0.25) is 4.79 Å². The first-order valence-corrected chi connectivity index (χ1v) is 8.70. The van der Waals surface area contributed by atoms with Crippen LogP contribution in [0.2, 0.25) is 0 Å². The van der Waals surface area contributed by atoms with Crippen molar-refractivity contribution in [2.75, 3.05) is 6.54 Å². The first kappa shape index (κ1) is 15.5. The predicted octanol–water partition coefficient (Wildman–Crippen LogP) is 3.17. The van der Waals surface area contributed by atoms with Crippen LogP contribution in [0.25, 0.3) is 0 Å². The number of rotatable bonds is 4. The molecule has 1 aliphatic carbocycles. The van der Waals surface area contributed by atoms with Gasteiger partial charge in [-0.15, -0.1) is 0 Å². The zero-order valence-corrected chi connectivity index (χ0v) is 13.9. The van der Waals surface area contributed by atoms with Gasteiger partial charge in [0.2, 0.25) is 5.91 Å². The van der Waals surface area contributed by atoms with Crippen molar-refractivity contribution in [3.8, 4) is 0 Å². The summed E-state index contributed by atoms with van der Waals surface area (Å²) in [5.74, 6) is 1.42. The van der Waals surface area contributed by atoms with Crippen LogP contribution < -0.4 is 10.6 Å². The third-order valence-electron chi connectivity index (χ3n) is 5.25. The van der Waals surface area contributed by atoms with E-state index in [0.29, 0.717) is 23.9 Å². The normalized spacial score (nSPS) is 31.1. The Morgan fingerprint density at radius 1 is 1.27 bits per heavy atom. The molecule has 3 rings (SSSR count). The fourth-order valence-corrected chi connectivity index (χ4v) is 3.51. The summed E-state index contributed by atoms with van der Waals surface area (Å²) in [7, 11) is 0. The van der Waals surface area contributed by atoms with E-state index in [4.69, 9.17) is 0 Å². The van der Waals surface area contributed by atoms with E-state index in [1.54, 1.807) is 0 Å². The van der Waals surface area contributed by atoms with E-state index in [1.165, 1.54) is 11.1 Å². The number of amides is 1. The van der Waals surface area contributed by atoms with Gasteiger partial charge in [-0.25, -0.2) is 0 Å². The molecule has 0 radical (unpaired) electrons. The van der Waals surface area contributed by atoms with E-state index in [-0.39, 0.29) is 11.8 Å². The largest absolute Gasteiger partial charge is 0.352 e. The average Bonchev–Trinajstić information content (AvgIpc) is 3.30. The standard InChI is InChI=1S/C19H28N2O/c1-12(2)14-6-8-15(9-7-14)16-11-17(16)19(22)21-18-5-4-10-20-13(18)3/h6-9,12-13,16-18,20H,4-5,10-11H2,1-3H3,(H,21,22). The van der Waals surface area contributed by atoms with Gasteiger partial charge in [0, 0.05) is 18.0 Å². The second kappa shape index (κ2) is 6.41. The highest BCUT2D eigenvalue weighted by Gasteiger charge is 2.44. The molecule has 120 valence electrons. The Bertz CT molecular complexity index is 523. The van der Waals surface area contributed by atoms with Gasteiger partial charge >= 0.3 is 0 Å². The number of carbonyl (C=O) groups excluding carboxylic acids is 1. The summed E-state index contributed by atoms with van der Waals surface area (Å²) in [6, 6.07) is 9.52. The van der Waals surface area contributed by atoms with Crippen molar-refractivity contribution >= 4 is 5.91 Å². The van der Waals surface area contributed by atoms with Gasteiger partial charge in [-0.1, -0.05) is 38.1 Å².